The summed E-state index contributed by atoms with van der Waals surface area (Å²) >= 11 is 0. The van der Waals surface area contributed by atoms with Gasteiger partial charge >= 0.3 is 0 Å². The number of carbonyl (C=O) groups excluding carboxylic acids is 1. The van der Waals surface area contributed by atoms with Gasteiger partial charge in [-0.3, -0.25) is 4.79 Å². The molecule has 1 heterocycles. The Morgan fingerprint density at radius 1 is 1.43 bits per heavy atom. The maximum atomic E-state index is 13.0. The number of rotatable bonds is 6. The highest BCUT2D eigenvalue weighted by Gasteiger charge is 2.29. The number of primary amides is 1. The van der Waals surface area contributed by atoms with Crippen LogP contribution < -0.4 is 5.73 Å². The number of methoxy groups -OCH3 is 1. The number of carbonyl (C=O) groups is 1. The second kappa shape index (κ2) is 7.52. The zero-order valence-corrected chi connectivity index (χ0v) is 12.4. The van der Waals surface area contributed by atoms with E-state index in [0.717, 1.165) is 31.5 Å². The van der Waals surface area contributed by atoms with Crippen LogP contribution in [0.4, 0.5) is 4.39 Å². The normalized spacial score (nSPS) is 23.1. The molecule has 21 heavy (non-hydrogen) atoms. The van der Waals surface area contributed by atoms with Crippen LogP contribution in [0.1, 0.15) is 18.4 Å². The summed E-state index contributed by atoms with van der Waals surface area (Å²) in [4.78, 5) is 13.2. The van der Waals surface area contributed by atoms with Crippen molar-refractivity contribution in [2.75, 3.05) is 26.7 Å². The van der Waals surface area contributed by atoms with Crippen LogP contribution in [0.2, 0.25) is 0 Å². The smallest absolute Gasteiger partial charge is 0.218 e. The number of hydrogen-bond acceptors (Lipinski definition) is 3. The molecule has 0 aliphatic carbocycles. The van der Waals surface area contributed by atoms with Gasteiger partial charge in [0.25, 0.3) is 0 Å². The Kier molecular flexibility index (Phi) is 5.70. The quantitative estimate of drug-likeness (QED) is 0.866. The number of halogens is 1. The van der Waals surface area contributed by atoms with Gasteiger partial charge < -0.3 is 15.4 Å². The van der Waals surface area contributed by atoms with Crippen LogP contribution in [0.15, 0.2) is 24.3 Å². The minimum Gasteiger partial charge on any atom is -0.381 e. The van der Waals surface area contributed by atoms with Gasteiger partial charge in [-0.25, -0.2) is 4.39 Å². The molecule has 2 N–H and O–H groups in total. The summed E-state index contributed by atoms with van der Waals surface area (Å²) in [6.07, 6.45) is 2.40. The van der Waals surface area contributed by atoms with Gasteiger partial charge in [0.2, 0.25) is 5.91 Å². The molecule has 0 aromatic heterocycles. The van der Waals surface area contributed by atoms with E-state index in [1.807, 2.05) is 12.1 Å². The lowest BCUT2D eigenvalue weighted by atomic mass is 9.88. The van der Waals surface area contributed by atoms with Gasteiger partial charge in [-0.1, -0.05) is 12.1 Å². The highest BCUT2D eigenvalue weighted by molar-refractivity contribution is 5.73. The first-order valence-corrected chi connectivity index (χ1v) is 7.36. The number of likely N-dealkylation sites (tertiary alicyclic amines) is 1. The molecule has 1 fully saturated rings. The number of ether oxygens (including phenoxy) is 1. The molecule has 1 saturated heterocycles. The summed E-state index contributed by atoms with van der Waals surface area (Å²) in [5.41, 5.74) is 6.32. The number of amides is 1. The van der Waals surface area contributed by atoms with Crippen molar-refractivity contribution in [2.45, 2.75) is 25.4 Å². The zero-order chi connectivity index (χ0) is 15.2. The van der Waals surface area contributed by atoms with Crippen molar-refractivity contribution < 1.29 is 13.9 Å². The monoisotopic (exact) mass is 294 g/mol. The minimum atomic E-state index is -0.265. The molecular weight excluding hydrogens is 271 g/mol. The van der Waals surface area contributed by atoms with Gasteiger partial charge in [-0.2, -0.15) is 0 Å². The Labute approximate surface area is 125 Å². The number of nitrogens with zero attached hydrogens (tertiary/aromatic N) is 1. The van der Waals surface area contributed by atoms with E-state index in [1.54, 1.807) is 7.11 Å². The second-order valence-corrected chi connectivity index (χ2v) is 5.67. The third kappa shape index (κ3) is 4.79. The third-order valence-corrected chi connectivity index (χ3v) is 4.14. The van der Waals surface area contributed by atoms with Gasteiger partial charge in [0.1, 0.15) is 5.82 Å². The molecule has 1 amide bonds. The Morgan fingerprint density at radius 3 is 2.76 bits per heavy atom. The highest BCUT2D eigenvalue weighted by Crippen LogP contribution is 2.24. The molecule has 1 aromatic carbocycles. The predicted octanol–water partition coefficient (Wildman–Crippen LogP) is 1.58. The van der Waals surface area contributed by atoms with Crippen molar-refractivity contribution in [1.82, 2.24) is 4.90 Å². The summed E-state index contributed by atoms with van der Waals surface area (Å²) in [7, 11) is 1.74. The van der Waals surface area contributed by atoms with E-state index in [4.69, 9.17) is 10.5 Å². The molecule has 2 atom stereocenters. The maximum Gasteiger partial charge on any atom is 0.218 e. The van der Waals surface area contributed by atoms with E-state index < -0.39 is 0 Å². The van der Waals surface area contributed by atoms with E-state index in [9.17, 15) is 9.18 Å². The van der Waals surface area contributed by atoms with Crippen molar-refractivity contribution in [3.63, 3.8) is 0 Å². The van der Waals surface area contributed by atoms with Crippen molar-refractivity contribution in [3.8, 4) is 0 Å². The van der Waals surface area contributed by atoms with Crippen LogP contribution in [-0.4, -0.2) is 43.7 Å². The first kappa shape index (κ1) is 15.9. The van der Waals surface area contributed by atoms with Gasteiger partial charge in [-0.15, -0.1) is 0 Å². The van der Waals surface area contributed by atoms with Crippen LogP contribution in [0.3, 0.4) is 0 Å². The van der Waals surface area contributed by atoms with Crippen LogP contribution in [0.25, 0.3) is 0 Å². The summed E-state index contributed by atoms with van der Waals surface area (Å²) in [6.45, 7) is 2.50. The van der Waals surface area contributed by atoms with E-state index >= 15 is 0 Å². The molecule has 0 saturated carbocycles. The standard InChI is InChI=1S/C16H23FN2O2/c1-21-15-6-8-19(9-7-16(18)20)11-13(15)10-12-2-4-14(17)5-3-12/h2-5,13,15H,6-11H2,1H3,(H2,18,20)/t13-,15+/m1/s1. The SMILES string of the molecule is CO[C@H]1CCN(CCC(N)=O)C[C@H]1Cc1ccc(F)cc1. The second-order valence-electron chi connectivity index (χ2n) is 5.67. The molecule has 0 radical (unpaired) electrons. The number of benzene rings is 1. The van der Waals surface area contributed by atoms with Gasteiger partial charge in [0.05, 0.1) is 6.10 Å². The van der Waals surface area contributed by atoms with E-state index in [0.29, 0.717) is 18.9 Å². The number of hydrogen-bond donors (Lipinski definition) is 1. The summed E-state index contributed by atoms with van der Waals surface area (Å²) in [5.74, 6) is -0.130. The topological polar surface area (TPSA) is 55.6 Å². The molecular formula is C16H23FN2O2. The lowest BCUT2D eigenvalue weighted by molar-refractivity contribution is -0.118. The van der Waals surface area contributed by atoms with Crippen molar-refractivity contribution in [3.05, 3.63) is 35.6 Å². The van der Waals surface area contributed by atoms with E-state index in [-0.39, 0.29) is 17.8 Å². The molecule has 1 aromatic rings. The lowest BCUT2D eigenvalue weighted by Gasteiger charge is -2.38. The fourth-order valence-electron chi connectivity index (χ4n) is 2.99. The summed E-state index contributed by atoms with van der Waals surface area (Å²) < 4.78 is 18.6. The molecule has 4 nitrogen and oxygen atoms in total. The largest absolute Gasteiger partial charge is 0.381 e. The fourth-order valence-corrected chi connectivity index (χ4v) is 2.99. The first-order valence-electron chi connectivity index (χ1n) is 7.36. The van der Waals surface area contributed by atoms with Crippen LogP contribution in [0.5, 0.6) is 0 Å². The Morgan fingerprint density at radius 2 is 2.14 bits per heavy atom. The molecule has 5 heteroatoms. The highest BCUT2D eigenvalue weighted by atomic mass is 19.1. The average molecular weight is 294 g/mol. The Hall–Kier alpha value is -1.46. The molecule has 116 valence electrons. The van der Waals surface area contributed by atoms with Crippen molar-refractivity contribution >= 4 is 5.91 Å². The number of nitrogens with two attached hydrogens (primary N) is 1. The number of piperidine rings is 1. The van der Waals surface area contributed by atoms with Gasteiger partial charge in [-0.05, 0) is 30.5 Å². The van der Waals surface area contributed by atoms with Crippen molar-refractivity contribution in [1.29, 1.82) is 0 Å². The van der Waals surface area contributed by atoms with Gasteiger partial charge in [0.15, 0.2) is 0 Å². The van der Waals surface area contributed by atoms with Crippen LogP contribution in [-0.2, 0) is 16.0 Å². The molecule has 1 aliphatic heterocycles. The molecule has 0 bridgehead atoms. The summed E-state index contributed by atoms with van der Waals surface area (Å²) in [5, 5.41) is 0. The van der Waals surface area contributed by atoms with Crippen LogP contribution >= 0.6 is 0 Å². The zero-order valence-electron chi connectivity index (χ0n) is 12.4. The van der Waals surface area contributed by atoms with E-state index in [1.165, 1.54) is 12.1 Å². The lowest BCUT2D eigenvalue weighted by Crippen LogP contribution is -2.45. The predicted molar refractivity (Wildman–Crippen MR) is 79.3 cm³/mol. The minimum absolute atomic E-state index is 0.208. The molecule has 0 unspecified atom stereocenters. The molecule has 2 rings (SSSR count). The summed E-state index contributed by atoms with van der Waals surface area (Å²) in [6, 6.07) is 6.63. The third-order valence-electron chi connectivity index (χ3n) is 4.14. The maximum absolute atomic E-state index is 13.0. The van der Waals surface area contributed by atoms with Gasteiger partial charge in [0, 0.05) is 39.1 Å². The Balaban J connectivity index is 1.96. The average Bonchev–Trinajstić information content (AvgIpc) is 2.48. The fraction of sp³-hybridized carbons (Fsp3) is 0.562. The van der Waals surface area contributed by atoms with Crippen LogP contribution in [0, 0.1) is 11.7 Å². The molecule has 0 spiro atoms. The first-order chi connectivity index (χ1) is 10.1. The molecule has 1 aliphatic rings. The van der Waals surface area contributed by atoms with Crippen molar-refractivity contribution in [2.24, 2.45) is 11.7 Å². The van der Waals surface area contributed by atoms with E-state index in [2.05, 4.69) is 4.90 Å². The Bertz CT molecular complexity index is 464.